The quantitative estimate of drug-likeness (QED) is 0.900. The molecule has 1 atom stereocenters. The van der Waals surface area contributed by atoms with Gasteiger partial charge in [0.05, 0.1) is 0 Å². The molecule has 128 valence electrons. The first-order valence-corrected chi connectivity index (χ1v) is 9.31. The van der Waals surface area contributed by atoms with Crippen LogP contribution in [-0.4, -0.2) is 62.2 Å². The Bertz CT molecular complexity index is 504. The van der Waals surface area contributed by atoms with Gasteiger partial charge in [-0.3, -0.25) is 4.90 Å². The van der Waals surface area contributed by atoms with Crippen molar-refractivity contribution in [1.29, 1.82) is 0 Å². The topological polar surface area (TPSA) is 21.8 Å². The van der Waals surface area contributed by atoms with Gasteiger partial charge in [-0.25, -0.2) is 0 Å². The summed E-state index contributed by atoms with van der Waals surface area (Å²) in [5.74, 6) is 0. The fourth-order valence-electron chi connectivity index (χ4n) is 4.03. The molecule has 1 aromatic carbocycles. The van der Waals surface area contributed by atoms with Gasteiger partial charge in [-0.1, -0.05) is 13.0 Å². The maximum Gasteiger partial charge on any atom is 0.0477 e. The van der Waals surface area contributed by atoms with Crippen LogP contribution in [0.15, 0.2) is 18.2 Å². The van der Waals surface area contributed by atoms with E-state index in [1.54, 1.807) is 5.56 Å². The summed E-state index contributed by atoms with van der Waals surface area (Å²) in [5, 5.41) is 3.64. The molecule has 4 nitrogen and oxygen atoms in total. The smallest absolute Gasteiger partial charge is 0.0477 e. The van der Waals surface area contributed by atoms with Crippen molar-refractivity contribution in [2.45, 2.75) is 33.4 Å². The van der Waals surface area contributed by atoms with Crippen molar-refractivity contribution in [3.8, 4) is 0 Å². The third-order valence-electron chi connectivity index (χ3n) is 5.56. The highest BCUT2D eigenvalue weighted by Gasteiger charge is 2.28. The SMILES string of the molecule is CCN1CCN([C@@H]2CNCc3cc(N(CC)CC)ccc32)CC1. The molecule has 1 saturated heterocycles. The normalized spacial score (nSPS) is 22.8. The number of anilines is 1. The first kappa shape index (κ1) is 16.7. The van der Waals surface area contributed by atoms with Crippen LogP contribution in [0.5, 0.6) is 0 Å². The average molecular weight is 316 g/mol. The van der Waals surface area contributed by atoms with Crippen molar-refractivity contribution in [3.63, 3.8) is 0 Å². The van der Waals surface area contributed by atoms with Crippen LogP contribution in [0.25, 0.3) is 0 Å². The number of benzene rings is 1. The number of likely N-dealkylation sites (N-methyl/N-ethyl adjacent to an activating group) is 1. The maximum atomic E-state index is 3.64. The highest BCUT2D eigenvalue weighted by Crippen LogP contribution is 2.31. The van der Waals surface area contributed by atoms with E-state index in [9.17, 15) is 0 Å². The zero-order valence-electron chi connectivity index (χ0n) is 15.0. The number of nitrogens with zero attached hydrogens (tertiary/aromatic N) is 3. The van der Waals surface area contributed by atoms with Crippen LogP contribution < -0.4 is 10.2 Å². The molecule has 0 aromatic heterocycles. The number of piperazine rings is 1. The van der Waals surface area contributed by atoms with Gasteiger partial charge in [-0.05, 0) is 43.7 Å². The Balaban J connectivity index is 1.77. The molecule has 1 fully saturated rings. The van der Waals surface area contributed by atoms with Crippen LogP contribution in [0.4, 0.5) is 5.69 Å². The van der Waals surface area contributed by atoms with E-state index >= 15 is 0 Å². The van der Waals surface area contributed by atoms with Crippen LogP contribution in [0.1, 0.15) is 37.9 Å². The highest BCUT2D eigenvalue weighted by molar-refractivity contribution is 5.52. The van der Waals surface area contributed by atoms with Gasteiger partial charge in [0.25, 0.3) is 0 Å². The molecule has 3 rings (SSSR count). The lowest BCUT2D eigenvalue weighted by Gasteiger charge is -2.41. The summed E-state index contributed by atoms with van der Waals surface area (Å²) < 4.78 is 0. The summed E-state index contributed by atoms with van der Waals surface area (Å²) in [6.07, 6.45) is 0. The Kier molecular flexibility index (Phi) is 5.57. The minimum absolute atomic E-state index is 0.545. The van der Waals surface area contributed by atoms with E-state index in [2.05, 4.69) is 59.0 Å². The van der Waals surface area contributed by atoms with Crippen LogP contribution in [0.2, 0.25) is 0 Å². The van der Waals surface area contributed by atoms with Gasteiger partial charge in [0.15, 0.2) is 0 Å². The molecule has 0 saturated carbocycles. The van der Waals surface area contributed by atoms with Gasteiger partial charge in [0, 0.05) is 64.1 Å². The fourth-order valence-corrected chi connectivity index (χ4v) is 4.03. The second-order valence-electron chi connectivity index (χ2n) is 6.67. The number of hydrogen-bond acceptors (Lipinski definition) is 4. The lowest BCUT2D eigenvalue weighted by molar-refractivity contribution is 0.0949. The largest absolute Gasteiger partial charge is 0.372 e. The molecule has 1 aromatic rings. The molecular formula is C19H32N4. The molecule has 2 aliphatic rings. The number of fused-ring (bicyclic) bond motifs is 1. The summed E-state index contributed by atoms with van der Waals surface area (Å²) in [6.45, 7) is 17.0. The Morgan fingerprint density at radius 1 is 1.09 bits per heavy atom. The van der Waals surface area contributed by atoms with E-state index in [4.69, 9.17) is 0 Å². The predicted molar refractivity (Wildman–Crippen MR) is 98.1 cm³/mol. The van der Waals surface area contributed by atoms with Gasteiger partial charge in [0.1, 0.15) is 0 Å². The maximum absolute atomic E-state index is 3.64. The monoisotopic (exact) mass is 316 g/mol. The molecule has 0 aliphatic carbocycles. The summed E-state index contributed by atoms with van der Waals surface area (Å²) in [7, 11) is 0. The average Bonchev–Trinajstić information content (AvgIpc) is 2.62. The molecule has 2 heterocycles. The Labute approximate surface area is 141 Å². The minimum Gasteiger partial charge on any atom is -0.372 e. The summed E-state index contributed by atoms with van der Waals surface area (Å²) in [4.78, 5) is 7.66. The van der Waals surface area contributed by atoms with Crippen LogP contribution in [0.3, 0.4) is 0 Å². The molecule has 0 amide bonds. The van der Waals surface area contributed by atoms with Crippen LogP contribution in [-0.2, 0) is 6.54 Å². The van der Waals surface area contributed by atoms with Crippen molar-refractivity contribution in [2.75, 3.05) is 57.3 Å². The van der Waals surface area contributed by atoms with E-state index < -0.39 is 0 Å². The molecule has 1 N–H and O–H groups in total. The minimum atomic E-state index is 0.545. The standard InChI is InChI=1S/C19H32N4/c1-4-21-9-11-23(12-10-21)19-15-20-14-16-13-17(7-8-18(16)19)22(5-2)6-3/h7-8,13,19-20H,4-6,9-12,14-15H2,1-3H3/t19-/m1/s1. The van der Waals surface area contributed by atoms with Crippen LogP contribution in [0, 0.1) is 0 Å². The summed E-state index contributed by atoms with van der Waals surface area (Å²) in [5.41, 5.74) is 4.40. The second-order valence-corrected chi connectivity index (χ2v) is 6.67. The zero-order valence-corrected chi connectivity index (χ0v) is 15.0. The van der Waals surface area contributed by atoms with E-state index in [1.165, 1.54) is 44.0 Å². The Morgan fingerprint density at radius 3 is 2.48 bits per heavy atom. The zero-order chi connectivity index (χ0) is 16.2. The van der Waals surface area contributed by atoms with Gasteiger partial charge in [0.2, 0.25) is 0 Å². The Hall–Kier alpha value is -1.10. The van der Waals surface area contributed by atoms with Crippen molar-refractivity contribution in [3.05, 3.63) is 29.3 Å². The van der Waals surface area contributed by atoms with E-state index in [1.807, 2.05) is 0 Å². The second kappa shape index (κ2) is 7.65. The summed E-state index contributed by atoms with van der Waals surface area (Å²) >= 11 is 0. The van der Waals surface area contributed by atoms with Crippen molar-refractivity contribution in [1.82, 2.24) is 15.1 Å². The van der Waals surface area contributed by atoms with E-state index in [0.29, 0.717) is 6.04 Å². The number of rotatable bonds is 5. The number of nitrogens with one attached hydrogen (secondary N) is 1. The lowest BCUT2D eigenvalue weighted by Crippen LogP contribution is -2.50. The molecule has 0 radical (unpaired) electrons. The first-order chi connectivity index (χ1) is 11.3. The number of hydrogen-bond donors (Lipinski definition) is 1. The predicted octanol–water partition coefficient (Wildman–Crippen LogP) is 2.31. The molecule has 23 heavy (non-hydrogen) atoms. The van der Waals surface area contributed by atoms with Gasteiger partial charge < -0.3 is 15.1 Å². The third kappa shape index (κ3) is 3.54. The Morgan fingerprint density at radius 2 is 1.83 bits per heavy atom. The first-order valence-electron chi connectivity index (χ1n) is 9.31. The highest BCUT2D eigenvalue weighted by atomic mass is 15.3. The third-order valence-corrected chi connectivity index (χ3v) is 5.56. The molecule has 0 unspecified atom stereocenters. The van der Waals surface area contributed by atoms with Crippen LogP contribution >= 0.6 is 0 Å². The fraction of sp³-hybridized carbons (Fsp3) is 0.684. The molecule has 0 bridgehead atoms. The molecule has 0 spiro atoms. The van der Waals surface area contributed by atoms with Crippen molar-refractivity contribution in [2.24, 2.45) is 0 Å². The van der Waals surface area contributed by atoms with Gasteiger partial charge in [-0.2, -0.15) is 0 Å². The lowest BCUT2D eigenvalue weighted by atomic mass is 9.94. The van der Waals surface area contributed by atoms with Crippen molar-refractivity contribution < 1.29 is 0 Å². The van der Waals surface area contributed by atoms with Gasteiger partial charge >= 0.3 is 0 Å². The summed E-state index contributed by atoms with van der Waals surface area (Å²) in [6, 6.07) is 7.67. The molecule has 4 heteroatoms. The van der Waals surface area contributed by atoms with E-state index in [0.717, 1.165) is 26.2 Å². The van der Waals surface area contributed by atoms with Gasteiger partial charge in [-0.15, -0.1) is 0 Å². The molecule has 2 aliphatic heterocycles. The van der Waals surface area contributed by atoms with Crippen molar-refractivity contribution >= 4 is 5.69 Å². The van der Waals surface area contributed by atoms with E-state index in [-0.39, 0.29) is 0 Å². The molecular weight excluding hydrogens is 284 g/mol.